The van der Waals surface area contributed by atoms with Crippen molar-refractivity contribution in [3.8, 4) is 0 Å². The molecule has 8 heteroatoms. The maximum absolute atomic E-state index is 13.2. The highest BCUT2D eigenvalue weighted by atomic mass is 35.5. The van der Waals surface area contributed by atoms with Gasteiger partial charge < -0.3 is 10.1 Å². The lowest BCUT2D eigenvalue weighted by Gasteiger charge is -2.18. The number of hydrogen-bond acceptors (Lipinski definition) is 3. The first kappa shape index (κ1) is 19.2. The van der Waals surface area contributed by atoms with Gasteiger partial charge in [0.15, 0.2) is 0 Å². The van der Waals surface area contributed by atoms with Crippen LogP contribution in [0.25, 0.3) is 0 Å². The number of alkyl halides is 3. The van der Waals surface area contributed by atoms with Gasteiger partial charge in [-0.1, -0.05) is 23.7 Å². The second-order valence-electron chi connectivity index (χ2n) is 6.13. The molecule has 27 heavy (non-hydrogen) atoms. The summed E-state index contributed by atoms with van der Waals surface area (Å²) >= 11 is 5.88. The molecule has 0 fully saturated rings. The molecule has 2 aromatic carbocycles. The number of esters is 1. The van der Waals surface area contributed by atoms with Gasteiger partial charge in [0, 0.05) is 0 Å². The number of amides is 1. The van der Waals surface area contributed by atoms with E-state index in [9.17, 15) is 22.8 Å². The number of halogens is 4. The summed E-state index contributed by atoms with van der Waals surface area (Å²) in [6.07, 6.45) is -3.56. The molecule has 0 spiro atoms. The van der Waals surface area contributed by atoms with E-state index in [2.05, 4.69) is 10.1 Å². The van der Waals surface area contributed by atoms with Crippen LogP contribution < -0.4 is 5.32 Å². The highest BCUT2D eigenvalue weighted by molar-refractivity contribution is 6.34. The molecule has 0 bridgehead atoms. The van der Waals surface area contributed by atoms with Crippen molar-refractivity contribution in [1.29, 1.82) is 0 Å². The summed E-state index contributed by atoms with van der Waals surface area (Å²) in [6, 6.07) is 7.65. The molecule has 0 aliphatic heterocycles. The fourth-order valence-electron chi connectivity index (χ4n) is 3.22. The molecule has 0 saturated heterocycles. The van der Waals surface area contributed by atoms with Crippen molar-refractivity contribution in [2.24, 2.45) is 0 Å². The second-order valence-corrected chi connectivity index (χ2v) is 6.54. The van der Waals surface area contributed by atoms with E-state index in [0.717, 1.165) is 17.7 Å². The minimum atomic E-state index is -4.71. The number of rotatable bonds is 3. The van der Waals surface area contributed by atoms with E-state index in [1.54, 1.807) is 18.2 Å². The third-order valence-electron chi connectivity index (χ3n) is 4.50. The predicted molar refractivity (Wildman–Crippen MR) is 92.8 cm³/mol. The lowest BCUT2D eigenvalue weighted by molar-refractivity contribution is -0.137. The second kappa shape index (κ2) is 7.23. The minimum absolute atomic E-state index is 0.274. The van der Waals surface area contributed by atoms with Gasteiger partial charge in [-0.05, 0) is 48.2 Å². The number of nitrogens with one attached hydrogen (secondary N) is 1. The topological polar surface area (TPSA) is 55.4 Å². The Morgan fingerprint density at radius 2 is 1.96 bits per heavy atom. The maximum Gasteiger partial charge on any atom is 0.417 e. The van der Waals surface area contributed by atoms with E-state index in [1.165, 1.54) is 13.2 Å². The van der Waals surface area contributed by atoms with Gasteiger partial charge >= 0.3 is 12.1 Å². The summed E-state index contributed by atoms with van der Waals surface area (Å²) in [6.45, 7) is 0. The molecule has 4 nitrogen and oxygen atoms in total. The number of ether oxygens (including phenoxy) is 1. The Balaban J connectivity index is 1.91. The molecular weight excluding hydrogens is 383 g/mol. The standard InChI is InChI=1S/C19H15ClF3NO3/c1-27-18(26)11-6-5-10-7-8-15(12(10)9-11)24-17(25)16-13(19(21,22)23)3-2-4-14(16)20/h2-6,9,15H,7-8H2,1H3,(H,24,25). The van der Waals surface area contributed by atoms with Gasteiger partial charge in [0.1, 0.15) is 0 Å². The summed E-state index contributed by atoms with van der Waals surface area (Å²) in [5, 5.41) is 2.34. The Kier molecular flexibility index (Phi) is 5.15. The van der Waals surface area contributed by atoms with Gasteiger partial charge in [0.05, 0.1) is 34.9 Å². The third-order valence-corrected chi connectivity index (χ3v) is 4.81. The summed E-state index contributed by atoms with van der Waals surface area (Å²) in [4.78, 5) is 24.3. The molecule has 0 aromatic heterocycles. The maximum atomic E-state index is 13.2. The van der Waals surface area contributed by atoms with Crippen molar-refractivity contribution >= 4 is 23.5 Å². The summed E-state index contributed by atoms with van der Waals surface area (Å²) < 4.78 is 44.4. The van der Waals surface area contributed by atoms with Gasteiger partial charge in [-0.25, -0.2) is 4.79 Å². The van der Waals surface area contributed by atoms with Crippen molar-refractivity contribution in [2.45, 2.75) is 25.1 Å². The minimum Gasteiger partial charge on any atom is -0.465 e. The van der Waals surface area contributed by atoms with E-state index in [-0.39, 0.29) is 5.02 Å². The van der Waals surface area contributed by atoms with E-state index in [4.69, 9.17) is 11.6 Å². The number of hydrogen-bond donors (Lipinski definition) is 1. The predicted octanol–water partition coefficient (Wildman–Crippen LogP) is 4.56. The molecule has 1 unspecified atom stereocenters. The van der Waals surface area contributed by atoms with E-state index in [0.29, 0.717) is 24.0 Å². The SMILES string of the molecule is COC(=O)c1ccc2c(c1)C(NC(=O)c1c(Cl)cccc1C(F)(F)F)CC2. The lowest BCUT2D eigenvalue weighted by atomic mass is 10.0. The molecule has 1 aliphatic carbocycles. The molecule has 0 heterocycles. The molecular formula is C19H15ClF3NO3. The van der Waals surface area contributed by atoms with Crippen molar-refractivity contribution < 1.29 is 27.5 Å². The zero-order valence-electron chi connectivity index (χ0n) is 14.2. The molecule has 0 radical (unpaired) electrons. The fraction of sp³-hybridized carbons (Fsp3) is 0.263. The Labute approximate surface area is 158 Å². The van der Waals surface area contributed by atoms with Crippen LogP contribution in [0.2, 0.25) is 5.02 Å². The molecule has 2 aromatic rings. The van der Waals surface area contributed by atoms with Crippen molar-refractivity contribution in [3.05, 3.63) is 69.2 Å². The van der Waals surface area contributed by atoms with Gasteiger partial charge in [-0.3, -0.25) is 4.79 Å². The highest BCUT2D eigenvalue weighted by Crippen LogP contribution is 2.36. The zero-order chi connectivity index (χ0) is 19.8. The highest BCUT2D eigenvalue weighted by Gasteiger charge is 2.37. The van der Waals surface area contributed by atoms with Crippen LogP contribution in [0, 0.1) is 0 Å². The van der Waals surface area contributed by atoms with Crippen molar-refractivity contribution in [3.63, 3.8) is 0 Å². The number of benzene rings is 2. The van der Waals surface area contributed by atoms with Crippen molar-refractivity contribution in [1.82, 2.24) is 5.32 Å². The summed E-state index contributed by atoms with van der Waals surface area (Å²) in [5.41, 5.74) is 0.222. The van der Waals surface area contributed by atoms with Crippen LogP contribution in [0.1, 0.15) is 49.9 Å². The van der Waals surface area contributed by atoms with Gasteiger partial charge in [0.2, 0.25) is 0 Å². The quantitative estimate of drug-likeness (QED) is 0.772. The van der Waals surface area contributed by atoms with Crippen LogP contribution in [0.4, 0.5) is 13.2 Å². The van der Waals surface area contributed by atoms with E-state index < -0.39 is 35.2 Å². The first-order chi connectivity index (χ1) is 12.7. The third kappa shape index (κ3) is 3.78. The van der Waals surface area contributed by atoms with Crippen LogP contribution >= 0.6 is 11.6 Å². The molecule has 142 valence electrons. The average molecular weight is 398 g/mol. The molecule has 1 atom stereocenters. The largest absolute Gasteiger partial charge is 0.465 e. The van der Waals surface area contributed by atoms with Crippen molar-refractivity contribution in [2.75, 3.05) is 7.11 Å². The van der Waals surface area contributed by atoms with Crippen LogP contribution in [0.3, 0.4) is 0 Å². The molecule has 1 aliphatic rings. The average Bonchev–Trinajstić information content (AvgIpc) is 3.02. The Hall–Kier alpha value is -2.54. The summed E-state index contributed by atoms with van der Waals surface area (Å²) in [7, 11) is 1.25. The first-order valence-electron chi connectivity index (χ1n) is 8.10. The molecule has 1 amide bonds. The Bertz CT molecular complexity index is 912. The van der Waals surface area contributed by atoms with Crippen LogP contribution in [-0.2, 0) is 17.3 Å². The van der Waals surface area contributed by atoms with Gasteiger partial charge in [0.25, 0.3) is 5.91 Å². The van der Waals surface area contributed by atoms with Gasteiger partial charge in [-0.2, -0.15) is 13.2 Å². The monoisotopic (exact) mass is 397 g/mol. The van der Waals surface area contributed by atoms with Gasteiger partial charge in [-0.15, -0.1) is 0 Å². The fourth-order valence-corrected chi connectivity index (χ4v) is 3.48. The first-order valence-corrected chi connectivity index (χ1v) is 8.48. The number of fused-ring (bicyclic) bond motifs is 1. The zero-order valence-corrected chi connectivity index (χ0v) is 14.9. The number of carbonyl (C=O) groups is 2. The van der Waals surface area contributed by atoms with E-state index in [1.807, 2.05) is 0 Å². The lowest BCUT2D eigenvalue weighted by Crippen LogP contribution is -2.29. The molecule has 3 rings (SSSR count). The molecule has 0 saturated carbocycles. The number of carbonyl (C=O) groups excluding carboxylic acids is 2. The molecule has 1 N–H and O–H groups in total. The smallest absolute Gasteiger partial charge is 0.417 e. The number of methoxy groups -OCH3 is 1. The Morgan fingerprint density at radius 3 is 2.63 bits per heavy atom. The Morgan fingerprint density at radius 1 is 1.22 bits per heavy atom. The normalized spacial score (nSPS) is 16.0. The summed E-state index contributed by atoms with van der Waals surface area (Å²) in [5.74, 6) is -1.44. The van der Waals surface area contributed by atoms with E-state index >= 15 is 0 Å². The van der Waals surface area contributed by atoms with Crippen LogP contribution in [-0.4, -0.2) is 19.0 Å². The van der Waals surface area contributed by atoms with Crippen LogP contribution in [0.15, 0.2) is 36.4 Å². The van der Waals surface area contributed by atoms with Crippen LogP contribution in [0.5, 0.6) is 0 Å². The number of aryl methyl sites for hydroxylation is 1.